The molecule has 0 heterocycles. The highest BCUT2D eigenvalue weighted by Crippen LogP contribution is 2.22. The van der Waals surface area contributed by atoms with E-state index in [2.05, 4.69) is 32.6 Å². The number of rotatable bonds is 8. The van der Waals surface area contributed by atoms with E-state index < -0.39 is 0 Å². The van der Waals surface area contributed by atoms with E-state index in [1.54, 1.807) is 13.0 Å². The van der Waals surface area contributed by atoms with Gasteiger partial charge in [-0.15, -0.1) is 0 Å². The predicted octanol–water partition coefficient (Wildman–Crippen LogP) is 6.62. The maximum absolute atomic E-state index is 13.5. The predicted molar refractivity (Wildman–Crippen MR) is 103 cm³/mol. The molecule has 0 radical (unpaired) electrons. The van der Waals surface area contributed by atoms with E-state index in [0.717, 1.165) is 12.8 Å². The van der Waals surface area contributed by atoms with Crippen LogP contribution in [0.1, 0.15) is 89.7 Å². The summed E-state index contributed by atoms with van der Waals surface area (Å²) in [5.41, 5.74) is 8.11. The third-order valence-corrected chi connectivity index (χ3v) is 4.37. The van der Waals surface area contributed by atoms with Gasteiger partial charge < -0.3 is 5.73 Å². The molecule has 2 N–H and O–H groups in total. The van der Waals surface area contributed by atoms with Crippen LogP contribution in [0.2, 0.25) is 0 Å². The van der Waals surface area contributed by atoms with Gasteiger partial charge in [0, 0.05) is 17.7 Å². The van der Waals surface area contributed by atoms with Crippen molar-refractivity contribution in [3.63, 3.8) is 0 Å². The van der Waals surface area contributed by atoms with E-state index in [1.807, 2.05) is 0 Å². The summed E-state index contributed by atoms with van der Waals surface area (Å²) in [6.45, 7) is 8.67. The SMILES string of the molecule is Cc1c(F)ccc(N)c1C#CCCCCCCCCCC(C)(C)C. The Labute approximate surface area is 148 Å². The molecule has 0 saturated heterocycles. The molecule has 1 aromatic carbocycles. The van der Waals surface area contributed by atoms with Crippen LogP contribution >= 0.6 is 0 Å². The summed E-state index contributed by atoms with van der Waals surface area (Å²) in [6.07, 6.45) is 11.2. The molecule has 0 amide bonds. The average Bonchev–Trinajstić information content (AvgIpc) is 2.50. The van der Waals surface area contributed by atoms with Crippen LogP contribution in [0.5, 0.6) is 0 Å². The van der Waals surface area contributed by atoms with Gasteiger partial charge in [-0.05, 0) is 37.3 Å². The molecule has 0 unspecified atom stereocenters. The van der Waals surface area contributed by atoms with E-state index in [-0.39, 0.29) is 5.82 Å². The van der Waals surface area contributed by atoms with E-state index in [0.29, 0.717) is 22.2 Å². The zero-order valence-corrected chi connectivity index (χ0v) is 16.0. The van der Waals surface area contributed by atoms with Crippen LogP contribution < -0.4 is 5.73 Å². The molecule has 134 valence electrons. The highest BCUT2D eigenvalue weighted by molar-refractivity contribution is 5.59. The number of anilines is 1. The minimum atomic E-state index is -0.236. The Bertz CT molecular complexity index is 558. The van der Waals surface area contributed by atoms with Crippen molar-refractivity contribution in [2.45, 2.75) is 85.5 Å². The first-order chi connectivity index (χ1) is 11.3. The largest absolute Gasteiger partial charge is 0.398 e. The van der Waals surface area contributed by atoms with Gasteiger partial charge in [0.1, 0.15) is 5.82 Å². The summed E-state index contributed by atoms with van der Waals surface area (Å²) in [4.78, 5) is 0. The lowest BCUT2D eigenvalue weighted by molar-refractivity contribution is 0.356. The second-order valence-electron chi connectivity index (χ2n) is 7.97. The van der Waals surface area contributed by atoms with Gasteiger partial charge >= 0.3 is 0 Å². The van der Waals surface area contributed by atoms with Crippen molar-refractivity contribution in [3.8, 4) is 11.8 Å². The van der Waals surface area contributed by atoms with Crippen molar-refractivity contribution in [3.05, 3.63) is 29.1 Å². The van der Waals surface area contributed by atoms with Gasteiger partial charge in [-0.25, -0.2) is 4.39 Å². The molecule has 1 aromatic rings. The summed E-state index contributed by atoms with van der Waals surface area (Å²) in [5, 5.41) is 0. The smallest absolute Gasteiger partial charge is 0.127 e. The Morgan fingerprint density at radius 1 is 0.958 bits per heavy atom. The molecule has 0 bridgehead atoms. The van der Waals surface area contributed by atoms with Crippen molar-refractivity contribution in [2.24, 2.45) is 5.41 Å². The van der Waals surface area contributed by atoms with Crippen molar-refractivity contribution in [1.29, 1.82) is 0 Å². The molecular formula is C22H34FN. The molecule has 0 spiro atoms. The summed E-state index contributed by atoms with van der Waals surface area (Å²) >= 11 is 0. The molecule has 0 atom stereocenters. The molecule has 0 aliphatic rings. The van der Waals surface area contributed by atoms with E-state index in [9.17, 15) is 4.39 Å². The fourth-order valence-electron chi connectivity index (χ4n) is 2.78. The van der Waals surface area contributed by atoms with Crippen molar-refractivity contribution < 1.29 is 4.39 Å². The first-order valence-corrected chi connectivity index (χ1v) is 9.35. The van der Waals surface area contributed by atoms with Gasteiger partial charge in [-0.1, -0.05) is 71.1 Å². The lowest BCUT2D eigenvalue weighted by Crippen LogP contribution is -2.03. The zero-order chi connectivity index (χ0) is 18.0. The Morgan fingerprint density at radius 3 is 2.17 bits per heavy atom. The van der Waals surface area contributed by atoms with Crippen LogP contribution in [-0.2, 0) is 0 Å². The van der Waals surface area contributed by atoms with Crippen LogP contribution in [0.25, 0.3) is 0 Å². The highest BCUT2D eigenvalue weighted by Gasteiger charge is 2.08. The molecule has 0 aliphatic carbocycles. The minimum Gasteiger partial charge on any atom is -0.398 e. The normalized spacial score (nSPS) is 11.2. The second-order valence-corrected chi connectivity index (χ2v) is 7.97. The van der Waals surface area contributed by atoms with Crippen LogP contribution in [0.15, 0.2) is 12.1 Å². The van der Waals surface area contributed by atoms with Crippen LogP contribution in [0, 0.1) is 30.0 Å². The van der Waals surface area contributed by atoms with E-state index in [4.69, 9.17) is 5.73 Å². The van der Waals surface area contributed by atoms with Gasteiger partial charge in [0.15, 0.2) is 0 Å². The number of unbranched alkanes of at least 4 members (excludes halogenated alkanes) is 7. The third kappa shape index (κ3) is 8.39. The molecule has 1 rings (SSSR count). The van der Waals surface area contributed by atoms with E-state index >= 15 is 0 Å². The van der Waals surface area contributed by atoms with Crippen molar-refractivity contribution in [2.75, 3.05) is 5.73 Å². The van der Waals surface area contributed by atoms with Crippen LogP contribution in [-0.4, -0.2) is 0 Å². The fraction of sp³-hybridized carbons (Fsp3) is 0.636. The van der Waals surface area contributed by atoms with Gasteiger partial charge in [0.2, 0.25) is 0 Å². The number of hydrogen-bond donors (Lipinski definition) is 1. The summed E-state index contributed by atoms with van der Waals surface area (Å²) < 4.78 is 13.5. The number of hydrogen-bond acceptors (Lipinski definition) is 1. The van der Waals surface area contributed by atoms with Crippen molar-refractivity contribution >= 4 is 5.69 Å². The second kappa shape index (κ2) is 10.4. The molecule has 1 nitrogen and oxygen atoms in total. The number of nitrogen functional groups attached to an aromatic ring is 1. The quantitative estimate of drug-likeness (QED) is 0.323. The highest BCUT2D eigenvalue weighted by atomic mass is 19.1. The Hall–Kier alpha value is -1.49. The molecule has 2 heteroatoms. The van der Waals surface area contributed by atoms with Crippen LogP contribution in [0.3, 0.4) is 0 Å². The lowest BCUT2D eigenvalue weighted by Gasteiger charge is -2.17. The lowest BCUT2D eigenvalue weighted by atomic mass is 9.89. The number of halogens is 1. The number of nitrogens with two attached hydrogens (primary N) is 1. The fourth-order valence-corrected chi connectivity index (χ4v) is 2.78. The minimum absolute atomic E-state index is 0.236. The van der Waals surface area contributed by atoms with Gasteiger partial charge in [-0.3, -0.25) is 0 Å². The maximum atomic E-state index is 13.5. The standard InChI is InChI=1S/C22H34FN/c1-18-19(21(24)16-15-20(18)23)14-12-10-8-6-5-7-9-11-13-17-22(2,3)4/h15-16H,5-11,13,17,24H2,1-4H3. The summed E-state index contributed by atoms with van der Waals surface area (Å²) in [7, 11) is 0. The summed E-state index contributed by atoms with van der Waals surface area (Å²) in [6, 6.07) is 2.99. The van der Waals surface area contributed by atoms with Gasteiger partial charge in [-0.2, -0.15) is 0 Å². The third-order valence-electron chi connectivity index (χ3n) is 4.37. The molecular weight excluding hydrogens is 297 g/mol. The van der Waals surface area contributed by atoms with Gasteiger partial charge in [0.25, 0.3) is 0 Å². The van der Waals surface area contributed by atoms with Crippen molar-refractivity contribution in [1.82, 2.24) is 0 Å². The monoisotopic (exact) mass is 331 g/mol. The van der Waals surface area contributed by atoms with Crippen LogP contribution in [0.4, 0.5) is 10.1 Å². The molecule has 0 aromatic heterocycles. The Balaban J connectivity index is 2.13. The number of benzene rings is 1. The maximum Gasteiger partial charge on any atom is 0.127 e. The molecule has 0 aliphatic heterocycles. The molecule has 0 saturated carbocycles. The van der Waals surface area contributed by atoms with E-state index in [1.165, 1.54) is 51.0 Å². The summed E-state index contributed by atoms with van der Waals surface area (Å²) in [5.74, 6) is 5.95. The molecule has 0 fully saturated rings. The first kappa shape index (κ1) is 20.6. The zero-order valence-electron chi connectivity index (χ0n) is 16.0. The average molecular weight is 332 g/mol. The Kier molecular flexibility index (Phi) is 8.90. The topological polar surface area (TPSA) is 26.0 Å². The Morgan fingerprint density at radius 2 is 1.54 bits per heavy atom. The van der Waals surface area contributed by atoms with Gasteiger partial charge in [0.05, 0.1) is 5.56 Å². The first-order valence-electron chi connectivity index (χ1n) is 9.35. The molecule has 24 heavy (non-hydrogen) atoms.